The van der Waals surface area contributed by atoms with Gasteiger partial charge < -0.3 is 9.47 Å². The lowest BCUT2D eigenvalue weighted by molar-refractivity contribution is -0.121. The second-order valence-electron chi connectivity index (χ2n) is 9.93. The molecule has 1 atom stereocenters. The zero-order valence-corrected chi connectivity index (χ0v) is 20.1. The third-order valence-corrected chi connectivity index (χ3v) is 6.95. The number of hydrogen-bond acceptors (Lipinski definition) is 4. The van der Waals surface area contributed by atoms with Crippen LogP contribution in [0.4, 0.5) is 5.69 Å². The van der Waals surface area contributed by atoms with Crippen LogP contribution in [0.1, 0.15) is 44.6 Å². The third-order valence-electron chi connectivity index (χ3n) is 6.95. The van der Waals surface area contributed by atoms with Crippen molar-refractivity contribution in [3.63, 3.8) is 0 Å². The van der Waals surface area contributed by atoms with Crippen molar-refractivity contribution < 1.29 is 19.1 Å². The first kappa shape index (κ1) is 22.2. The summed E-state index contributed by atoms with van der Waals surface area (Å²) in [7, 11) is 3.22. The Kier molecular flexibility index (Phi) is 5.43. The van der Waals surface area contributed by atoms with Gasteiger partial charge in [0.2, 0.25) is 5.91 Å². The van der Waals surface area contributed by atoms with Crippen LogP contribution in [0.2, 0.25) is 0 Å². The highest BCUT2D eigenvalue weighted by atomic mass is 16.5. The number of fused-ring (bicyclic) bond motifs is 1. The average molecular weight is 456 g/mol. The largest absolute Gasteiger partial charge is 0.497 e. The predicted molar refractivity (Wildman–Crippen MR) is 133 cm³/mol. The SMILES string of the molecule is COc1ccc(OC)c(C2CC(=O)N(c3ccc4ccccc4c3)C3=C2C(=O)CC(C)(C)C3)c1. The normalized spacial score (nSPS) is 19.9. The fraction of sp³-hybridized carbons (Fsp3) is 0.310. The molecule has 174 valence electrons. The van der Waals surface area contributed by atoms with Crippen molar-refractivity contribution in [3.8, 4) is 11.5 Å². The van der Waals surface area contributed by atoms with Crippen LogP contribution in [0.25, 0.3) is 10.8 Å². The number of carbonyl (C=O) groups excluding carboxylic acids is 2. The predicted octanol–water partition coefficient (Wildman–Crippen LogP) is 6.02. The van der Waals surface area contributed by atoms with E-state index in [1.54, 1.807) is 19.1 Å². The summed E-state index contributed by atoms with van der Waals surface area (Å²) in [5.41, 5.74) is 2.92. The first-order valence-electron chi connectivity index (χ1n) is 11.6. The molecule has 0 N–H and O–H groups in total. The number of ketones is 1. The highest BCUT2D eigenvalue weighted by molar-refractivity contribution is 6.08. The smallest absolute Gasteiger partial charge is 0.232 e. The molecule has 0 bridgehead atoms. The fourth-order valence-corrected chi connectivity index (χ4v) is 5.41. The molecule has 1 unspecified atom stereocenters. The Balaban J connectivity index is 1.71. The van der Waals surface area contributed by atoms with Crippen LogP contribution in [0.3, 0.4) is 0 Å². The Morgan fingerprint density at radius 3 is 2.38 bits per heavy atom. The number of nitrogens with zero attached hydrogens (tertiary/aromatic N) is 1. The van der Waals surface area contributed by atoms with Crippen LogP contribution < -0.4 is 14.4 Å². The number of methoxy groups -OCH3 is 2. The van der Waals surface area contributed by atoms with Crippen molar-refractivity contribution >= 4 is 28.2 Å². The summed E-state index contributed by atoms with van der Waals surface area (Å²) in [4.78, 5) is 29.1. The van der Waals surface area contributed by atoms with Gasteiger partial charge in [-0.2, -0.15) is 0 Å². The summed E-state index contributed by atoms with van der Waals surface area (Å²) in [6, 6.07) is 19.7. The highest BCUT2D eigenvalue weighted by Crippen LogP contribution is 2.50. The molecule has 0 spiro atoms. The Hall–Kier alpha value is -3.60. The van der Waals surface area contributed by atoms with E-state index in [0.717, 1.165) is 33.3 Å². The Labute approximate surface area is 200 Å². The van der Waals surface area contributed by atoms with Crippen molar-refractivity contribution in [3.05, 3.63) is 77.5 Å². The molecule has 1 amide bonds. The number of rotatable bonds is 4. The lowest BCUT2D eigenvalue weighted by Gasteiger charge is -2.43. The maximum absolute atomic E-state index is 13.7. The molecule has 5 heteroatoms. The van der Waals surface area contributed by atoms with Gasteiger partial charge in [0.1, 0.15) is 11.5 Å². The summed E-state index contributed by atoms with van der Waals surface area (Å²) in [5.74, 6) is 1.04. The second-order valence-corrected chi connectivity index (χ2v) is 9.93. The molecule has 3 aromatic carbocycles. The molecule has 2 aliphatic rings. The number of carbonyl (C=O) groups is 2. The lowest BCUT2D eigenvalue weighted by Crippen LogP contribution is -2.43. The van der Waals surface area contributed by atoms with E-state index in [-0.39, 0.29) is 29.4 Å². The summed E-state index contributed by atoms with van der Waals surface area (Å²) in [6.07, 6.45) is 1.30. The van der Waals surface area contributed by atoms with E-state index in [1.165, 1.54) is 0 Å². The minimum Gasteiger partial charge on any atom is -0.497 e. The van der Waals surface area contributed by atoms with Crippen LogP contribution in [-0.4, -0.2) is 25.9 Å². The van der Waals surface area contributed by atoms with Gasteiger partial charge in [0.15, 0.2) is 5.78 Å². The van der Waals surface area contributed by atoms with Gasteiger partial charge in [-0.25, -0.2) is 0 Å². The van der Waals surface area contributed by atoms with Crippen molar-refractivity contribution in [2.75, 3.05) is 19.1 Å². The number of Topliss-reactive ketones (excluding diaryl/α,β-unsaturated/α-hetero) is 1. The molecule has 5 rings (SSSR count). The van der Waals surface area contributed by atoms with Gasteiger partial charge in [0.05, 0.1) is 14.2 Å². The highest BCUT2D eigenvalue weighted by Gasteiger charge is 2.45. The van der Waals surface area contributed by atoms with E-state index in [1.807, 2.05) is 54.6 Å². The van der Waals surface area contributed by atoms with Crippen molar-refractivity contribution in [2.45, 2.75) is 39.0 Å². The van der Waals surface area contributed by atoms with E-state index in [9.17, 15) is 9.59 Å². The van der Waals surface area contributed by atoms with Gasteiger partial charge >= 0.3 is 0 Å². The molecule has 0 aromatic heterocycles. The van der Waals surface area contributed by atoms with E-state index in [4.69, 9.17) is 9.47 Å². The van der Waals surface area contributed by atoms with Crippen molar-refractivity contribution in [1.82, 2.24) is 0 Å². The summed E-state index contributed by atoms with van der Waals surface area (Å²) >= 11 is 0. The summed E-state index contributed by atoms with van der Waals surface area (Å²) < 4.78 is 11.1. The molecule has 5 nitrogen and oxygen atoms in total. The zero-order chi connectivity index (χ0) is 24.0. The Bertz CT molecular complexity index is 1340. The molecule has 0 fully saturated rings. The van der Waals surface area contributed by atoms with Gasteiger partial charge in [-0.1, -0.05) is 44.2 Å². The van der Waals surface area contributed by atoms with Gasteiger partial charge in [-0.3, -0.25) is 14.5 Å². The van der Waals surface area contributed by atoms with Crippen molar-refractivity contribution in [2.24, 2.45) is 5.41 Å². The maximum Gasteiger partial charge on any atom is 0.232 e. The van der Waals surface area contributed by atoms with Crippen molar-refractivity contribution in [1.29, 1.82) is 0 Å². The topological polar surface area (TPSA) is 55.8 Å². The monoisotopic (exact) mass is 455 g/mol. The molecular formula is C29H29NO4. The molecule has 0 saturated carbocycles. The van der Waals surface area contributed by atoms with Gasteiger partial charge in [-0.05, 0) is 52.9 Å². The van der Waals surface area contributed by atoms with Gasteiger partial charge in [0.25, 0.3) is 0 Å². The quantitative estimate of drug-likeness (QED) is 0.483. The lowest BCUT2D eigenvalue weighted by atomic mass is 9.69. The van der Waals surface area contributed by atoms with Gasteiger partial charge in [-0.15, -0.1) is 0 Å². The molecular weight excluding hydrogens is 426 g/mol. The number of amides is 1. The van der Waals surface area contributed by atoms with E-state index >= 15 is 0 Å². The van der Waals surface area contributed by atoms with Crippen LogP contribution >= 0.6 is 0 Å². The van der Waals surface area contributed by atoms with Crippen LogP contribution in [0.5, 0.6) is 11.5 Å². The van der Waals surface area contributed by atoms with Crippen LogP contribution in [0.15, 0.2) is 71.9 Å². The molecule has 0 radical (unpaired) electrons. The first-order chi connectivity index (χ1) is 16.3. The fourth-order valence-electron chi connectivity index (χ4n) is 5.41. The number of ether oxygens (including phenoxy) is 2. The summed E-state index contributed by atoms with van der Waals surface area (Å²) in [6.45, 7) is 4.18. The van der Waals surface area contributed by atoms with Crippen LogP contribution in [0, 0.1) is 5.41 Å². The number of hydrogen-bond donors (Lipinski definition) is 0. The summed E-state index contributed by atoms with van der Waals surface area (Å²) in [5, 5.41) is 2.18. The first-order valence-corrected chi connectivity index (χ1v) is 11.6. The molecule has 1 aliphatic heterocycles. The Morgan fingerprint density at radius 1 is 0.882 bits per heavy atom. The molecule has 34 heavy (non-hydrogen) atoms. The van der Waals surface area contributed by atoms with E-state index < -0.39 is 0 Å². The molecule has 1 heterocycles. The third kappa shape index (κ3) is 3.75. The zero-order valence-electron chi connectivity index (χ0n) is 20.1. The van der Waals surface area contributed by atoms with Crippen LogP contribution in [-0.2, 0) is 9.59 Å². The average Bonchev–Trinajstić information content (AvgIpc) is 2.82. The van der Waals surface area contributed by atoms with Gasteiger partial charge in [0, 0.05) is 41.3 Å². The maximum atomic E-state index is 13.7. The molecule has 1 aliphatic carbocycles. The molecule has 3 aromatic rings. The number of benzene rings is 3. The Morgan fingerprint density at radius 2 is 1.65 bits per heavy atom. The second kappa shape index (κ2) is 8.32. The van der Waals surface area contributed by atoms with E-state index in [2.05, 4.69) is 19.9 Å². The minimum absolute atomic E-state index is 0.0191. The number of anilines is 1. The standard InChI is InChI=1S/C29H29NO4/c1-29(2)16-24-28(25(31)17-29)23(22-14-21(33-3)11-12-26(22)34-4)15-27(32)30(24)20-10-9-18-7-5-6-8-19(18)13-20/h5-14,23H,15-17H2,1-4H3. The molecule has 0 saturated heterocycles. The number of allylic oxidation sites excluding steroid dienone is 2. The van der Waals surface area contributed by atoms with E-state index in [0.29, 0.717) is 24.3 Å². The minimum atomic E-state index is -0.368.